The molecule has 1 heterocycles. The van der Waals surface area contributed by atoms with Crippen molar-refractivity contribution in [3.05, 3.63) is 42.5 Å². The van der Waals surface area contributed by atoms with E-state index in [2.05, 4.69) is 10.6 Å². The highest BCUT2D eigenvalue weighted by Gasteiger charge is 2.20. The number of para-hydroxylation sites is 2. The number of nitrogens with one attached hydrogen (secondary N) is 2. The minimum Gasteiger partial charge on any atom is -0.444 e. The number of esters is 1. The van der Waals surface area contributed by atoms with Gasteiger partial charge in [0.25, 0.3) is 0 Å². The lowest BCUT2D eigenvalue weighted by Crippen LogP contribution is -2.33. The molecule has 0 aromatic heterocycles. The van der Waals surface area contributed by atoms with E-state index in [1.165, 1.54) is 0 Å². The Bertz CT molecular complexity index is 877. The smallest absolute Gasteiger partial charge is 0.407 e. The van der Waals surface area contributed by atoms with Gasteiger partial charge in [-0.05, 0) is 51.5 Å². The Kier molecular flexibility index (Phi) is 6.14. The van der Waals surface area contributed by atoms with E-state index in [-0.39, 0.29) is 12.4 Å². The van der Waals surface area contributed by atoms with Crippen LogP contribution >= 0.6 is 11.8 Å². The van der Waals surface area contributed by atoms with Gasteiger partial charge < -0.3 is 20.1 Å². The van der Waals surface area contributed by atoms with E-state index >= 15 is 0 Å². The van der Waals surface area contributed by atoms with Crippen molar-refractivity contribution in [3.63, 3.8) is 0 Å². The Morgan fingerprint density at radius 1 is 1.07 bits per heavy atom. The van der Waals surface area contributed by atoms with Crippen LogP contribution in [0, 0.1) is 0 Å². The van der Waals surface area contributed by atoms with Gasteiger partial charge in [-0.15, -0.1) is 0 Å². The molecule has 0 fully saturated rings. The predicted molar refractivity (Wildman–Crippen MR) is 109 cm³/mol. The lowest BCUT2D eigenvalue weighted by Gasteiger charge is -2.22. The monoisotopic (exact) mass is 400 g/mol. The number of carbonyl (C=O) groups excluding carboxylic acids is 2. The Morgan fingerprint density at radius 3 is 2.61 bits per heavy atom. The summed E-state index contributed by atoms with van der Waals surface area (Å²) < 4.78 is 10.7. The van der Waals surface area contributed by atoms with Gasteiger partial charge in [-0.25, -0.2) is 4.79 Å². The minimum atomic E-state index is -0.543. The maximum atomic E-state index is 12.2. The SMILES string of the molecule is CC(C)(C)OC(=O)NCCCC(=O)Oc1cccc2c1Nc1ccccc1S2. The maximum absolute atomic E-state index is 12.2. The summed E-state index contributed by atoms with van der Waals surface area (Å²) in [6, 6.07) is 13.6. The largest absolute Gasteiger partial charge is 0.444 e. The van der Waals surface area contributed by atoms with E-state index in [0.29, 0.717) is 18.7 Å². The van der Waals surface area contributed by atoms with E-state index in [4.69, 9.17) is 9.47 Å². The van der Waals surface area contributed by atoms with E-state index in [1.807, 2.05) is 36.4 Å². The van der Waals surface area contributed by atoms with Crippen LogP contribution < -0.4 is 15.4 Å². The van der Waals surface area contributed by atoms with Crippen molar-refractivity contribution in [3.8, 4) is 5.75 Å². The lowest BCUT2D eigenvalue weighted by molar-refractivity contribution is -0.134. The zero-order chi connectivity index (χ0) is 20.1. The Labute approximate surface area is 169 Å². The number of anilines is 2. The molecule has 0 aliphatic carbocycles. The third-order valence-electron chi connectivity index (χ3n) is 3.80. The second-order valence-corrected chi connectivity index (χ2v) is 8.44. The highest BCUT2D eigenvalue weighted by atomic mass is 32.2. The highest BCUT2D eigenvalue weighted by molar-refractivity contribution is 7.99. The maximum Gasteiger partial charge on any atom is 0.407 e. The third kappa shape index (κ3) is 5.42. The predicted octanol–water partition coefficient (Wildman–Crippen LogP) is 5.11. The Hall–Kier alpha value is -2.67. The number of alkyl carbamates (subject to hydrolysis) is 1. The van der Waals surface area contributed by atoms with Gasteiger partial charge in [0.2, 0.25) is 0 Å². The van der Waals surface area contributed by atoms with Crippen molar-refractivity contribution in [1.82, 2.24) is 5.32 Å². The summed E-state index contributed by atoms with van der Waals surface area (Å²) in [5, 5.41) is 5.98. The normalized spacial score (nSPS) is 12.2. The van der Waals surface area contributed by atoms with Crippen molar-refractivity contribution in [2.75, 3.05) is 11.9 Å². The summed E-state index contributed by atoms with van der Waals surface area (Å²) in [4.78, 5) is 26.0. The van der Waals surface area contributed by atoms with Crippen LogP contribution in [0.25, 0.3) is 0 Å². The number of hydrogen-bond donors (Lipinski definition) is 2. The highest BCUT2D eigenvalue weighted by Crippen LogP contribution is 2.47. The van der Waals surface area contributed by atoms with Gasteiger partial charge in [0, 0.05) is 22.8 Å². The second kappa shape index (κ2) is 8.56. The number of carbonyl (C=O) groups is 2. The zero-order valence-electron chi connectivity index (χ0n) is 16.2. The van der Waals surface area contributed by atoms with Gasteiger partial charge >= 0.3 is 12.1 Å². The van der Waals surface area contributed by atoms with Crippen molar-refractivity contribution in [2.45, 2.75) is 49.0 Å². The number of rotatable bonds is 5. The molecule has 2 N–H and O–H groups in total. The van der Waals surface area contributed by atoms with Gasteiger partial charge in [-0.3, -0.25) is 4.79 Å². The van der Waals surface area contributed by atoms with E-state index in [9.17, 15) is 9.59 Å². The number of amides is 1. The molecule has 7 heteroatoms. The van der Waals surface area contributed by atoms with Crippen LogP contribution in [-0.4, -0.2) is 24.2 Å². The topological polar surface area (TPSA) is 76.7 Å². The molecule has 0 radical (unpaired) electrons. The summed E-state index contributed by atoms with van der Waals surface area (Å²) in [5.74, 6) is 0.162. The molecule has 148 valence electrons. The molecule has 0 saturated heterocycles. The van der Waals surface area contributed by atoms with Gasteiger partial charge in [-0.1, -0.05) is 30.0 Å². The van der Waals surface area contributed by atoms with Crippen molar-refractivity contribution in [2.24, 2.45) is 0 Å². The molecule has 0 unspecified atom stereocenters. The summed E-state index contributed by atoms with van der Waals surface area (Å²) in [7, 11) is 0. The second-order valence-electron chi connectivity index (χ2n) is 7.36. The molecule has 2 aromatic carbocycles. The van der Waals surface area contributed by atoms with Gasteiger partial charge in [-0.2, -0.15) is 0 Å². The van der Waals surface area contributed by atoms with Crippen LogP contribution in [0.15, 0.2) is 52.3 Å². The average molecular weight is 401 g/mol. The molecule has 0 bridgehead atoms. The fourth-order valence-corrected chi connectivity index (χ4v) is 3.64. The lowest BCUT2D eigenvalue weighted by atomic mass is 10.2. The van der Waals surface area contributed by atoms with Crippen LogP contribution in [0.1, 0.15) is 33.6 Å². The number of fused-ring (bicyclic) bond motifs is 2. The van der Waals surface area contributed by atoms with Crippen molar-refractivity contribution in [1.29, 1.82) is 0 Å². The molecule has 6 nitrogen and oxygen atoms in total. The van der Waals surface area contributed by atoms with Crippen LogP contribution in [0.5, 0.6) is 5.75 Å². The van der Waals surface area contributed by atoms with Crippen LogP contribution in [0.2, 0.25) is 0 Å². The molecule has 2 aromatic rings. The molecule has 1 amide bonds. The summed E-state index contributed by atoms with van der Waals surface area (Å²) in [5.41, 5.74) is 1.25. The van der Waals surface area contributed by atoms with Gasteiger partial charge in [0.1, 0.15) is 5.60 Å². The number of hydrogen-bond acceptors (Lipinski definition) is 6. The van der Waals surface area contributed by atoms with Crippen molar-refractivity contribution >= 4 is 35.2 Å². The quantitative estimate of drug-likeness (QED) is 0.352. The average Bonchev–Trinajstić information content (AvgIpc) is 2.62. The fourth-order valence-electron chi connectivity index (χ4n) is 2.63. The Balaban J connectivity index is 1.51. The van der Waals surface area contributed by atoms with E-state index < -0.39 is 11.7 Å². The van der Waals surface area contributed by atoms with Gasteiger partial charge in [0.15, 0.2) is 5.75 Å². The third-order valence-corrected chi connectivity index (χ3v) is 4.94. The fraction of sp³-hybridized carbons (Fsp3) is 0.333. The summed E-state index contributed by atoms with van der Waals surface area (Å²) >= 11 is 1.64. The molecule has 1 aliphatic heterocycles. The van der Waals surface area contributed by atoms with Crippen LogP contribution in [0.4, 0.5) is 16.2 Å². The summed E-state index contributed by atoms with van der Waals surface area (Å²) in [6.07, 6.45) is 0.180. The summed E-state index contributed by atoms with van der Waals surface area (Å²) in [6.45, 7) is 5.75. The van der Waals surface area contributed by atoms with Crippen molar-refractivity contribution < 1.29 is 19.1 Å². The molecule has 0 atom stereocenters. The molecule has 3 rings (SSSR count). The van der Waals surface area contributed by atoms with Crippen LogP contribution in [-0.2, 0) is 9.53 Å². The van der Waals surface area contributed by atoms with E-state index in [0.717, 1.165) is 21.2 Å². The number of benzene rings is 2. The zero-order valence-corrected chi connectivity index (χ0v) is 17.0. The standard InChI is InChI=1S/C21H24N2O4S/c1-21(2,3)27-20(25)22-13-7-12-18(24)26-15-9-6-11-17-19(15)23-14-8-4-5-10-16(14)28-17/h4-6,8-11,23H,7,12-13H2,1-3H3,(H,22,25). The van der Waals surface area contributed by atoms with E-state index in [1.54, 1.807) is 38.6 Å². The molecular weight excluding hydrogens is 376 g/mol. The molecular formula is C21H24N2O4S. The molecule has 28 heavy (non-hydrogen) atoms. The molecule has 0 spiro atoms. The Morgan fingerprint density at radius 2 is 1.82 bits per heavy atom. The number of ether oxygens (including phenoxy) is 2. The first kappa shape index (κ1) is 20.1. The van der Waals surface area contributed by atoms with Crippen LogP contribution in [0.3, 0.4) is 0 Å². The first-order chi connectivity index (χ1) is 13.3. The molecule has 1 aliphatic rings. The first-order valence-electron chi connectivity index (χ1n) is 9.16. The first-order valence-corrected chi connectivity index (χ1v) is 9.98. The van der Waals surface area contributed by atoms with Gasteiger partial charge in [0.05, 0.1) is 11.4 Å². The molecule has 0 saturated carbocycles. The minimum absolute atomic E-state index is 0.198.